The zero-order valence-corrected chi connectivity index (χ0v) is 20.5. The maximum Gasteiger partial charge on any atom is 0.243 e. The topological polar surface area (TPSA) is 49.4 Å². The molecule has 0 saturated carbocycles. The molecule has 1 atom stereocenters. The minimum Gasteiger partial charge on any atom is -0.355 e. The molecule has 0 aromatic heterocycles. The molecule has 0 fully saturated rings. The summed E-state index contributed by atoms with van der Waals surface area (Å²) in [5.74, 6) is -0.454. The number of hydrogen-bond acceptors (Lipinski definition) is 2. The maximum absolute atomic E-state index is 13.6. The molecule has 33 heavy (non-hydrogen) atoms. The van der Waals surface area contributed by atoms with Crippen LogP contribution in [0.15, 0.2) is 72.8 Å². The van der Waals surface area contributed by atoms with Crippen molar-refractivity contribution in [3.63, 3.8) is 0 Å². The average molecular weight is 504 g/mol. The van der Waals surface area contributed by atoms with Crippen molar-refractivity contribution in [2.45, 2.75) is 32.4 Å². The van der Waals surface area contributed by atoms with Crippen LogP contribution in [-0.4, -0.2) is 29.3 Å². The van der Waals surface area contributed by atoms with Crippen LogP contribution < -0.4 is 5.32 Å². The van der Waals surface area contributed by atoms with Crippen LogP contribution in [0.5, 0.6) is 0 Å². The molecule has 0 saturated heterocycles. The van der Waals surface area contributed by atoms with Crippen molar-refractivity contribution in [2.24, 2.45) is 0 Å². The minimum absolute atomic E-state index is 0.0906. The second kappa shape index (κ2) is 12.1. The number of nitrogens with one attached hydrogen (secondary N) is 1. The van der Waals surface area contributed by atoms with E-state index < -0.39 is 6.04 Å². The molecule has 0 aliphatic heterocycles. The molecule has 0 aliphatic carbocycles. The van der Waals surface area contributed by atoms with Crippen LogP contribution in [0.1, 0.15) is 23.6 Å². The molecule has 3 aromatic rings. The van der Waals surface area contributed by atoms with Gasteiger partial charge in [0, 0.05) is 40.1 Å². The first-order valence-electron chi connectivity index (χ1n) is 10.7. The Morgan fingerprint density at radius 1 is 0.879 bits per heavy atom. The number of rotatable bonds is 9. The van der Waals surface area contributed by atoms with Gasteiger partial charge in [-0.3, -0.25) is 9.59 Å². The Hall–Kier alpha value is -2.53. The summed E-state index contributed by atoms with van der Waals surface area (Å²) in [5.41, 5.74) is 2.30. The van der Waals surface area contributed by atoms with E-state index >= 15 is 0 Å². The van der Waals surface area contributed by atoms with Crippen molar-refractivity contribution < 1.29 is 9.59 Å². The molecule has 4 nitrogen and oxygen atoms in total. The first kappa shape index (κ1) is 25.1. The zero-order valence-electron chi connectivity index (χ0n) is 18.2. The summed E-state index contributed by atoms with van der Waals surface area (Å²) in [6.45, 7) is 2.40. The highest BCUT2D eigenvalue weighted by atomic mass is 35.5. The van der Waals surface area contributed by atoms with Gasteiger partial charge in [0.05, 0.1) is 6.42 Å². The van der Waals surface area contributed by atoms with Gasteiger partial charge in [-0.2, -0.15) is 0 Å². The lowest BCUT2D eigenvalue weighted by Gasteiger charge is -2.32. The number of likely N-dealkylation sites (N-methyl/N-ethyl adjacent to an activating group) is 1. The third-order valence-electron chi connectivity index (χ3n) is 5.26. The van der Waals surface area contributed by atoms with Gasteiger partial charge in [0.1, 0.15) is 6.04 Å². The molecule has 0 bridgehead atoms. The molecular formula is C26H25Cl3N2O2. The van der Waals surface area contributed by atoms with E-state index in [2.05, 4.69) is 5.32 Å². The molecule has 0 unspecified atom stereocenters. The van der Waals surface area contributed by atoms with Crippen molar-refractivity contribution >= 4 is 46.6 Å². The van der Waals surface area contributed by atoms with E-state index in [1.807, 2.05) is 43.3 Å². The van der Waals surface area contributed by atoms with E-state index in [9.17, 15) is 9.59 Å². The van der Waals surface area contributed by atoms with E-state index in [0.717, 1.165) is 11.1 Å². The number of carbonyl (C=O) groups is 2. The highest BCUT2D eigenvalue weighted by Gasteiger charge is 2.31. The number of nitrogens with zero attached hydrogens (tertiary/aromatic N) is 1. The number of hydrogen-bond donors (Lipinski definition) is 1. The molecule has 3 aromatic carbocycles. The minimum atomic E-state index is -0.744. The quantitative estimate of drug-likeness (QED) is 0.391. The van der Waals surface area contributed by atoms with Crippen LogP contribution in [0.3, 0.4) is 0 Å². The Morgan fingerprint density at radius 3 is 2.15 bits per heavy atom. The number of carbonyl (C=O) groups excluding carboxylic acids is 2. The Morgan fingerprint density at radius 2 is 1.52 bits per heavy atom. The van der Waals surface area contributed by atoms with Gasteiger partial charge < -0.3 is 10.2 Å². The summed E-state index contributed by atoms with van der Waals surface area (Å²) in [6, 6.07) is 21.2. The van der Waals surface area contributed by atoms with E-state index in [0.29, 0.717) is 33.6 Å². The summed E-state index contributed by atoms with van der Waals surface area (Å²) < 4.78 is 0. The molecule has 2 amide bonds. The van der Waals surface area contributed by atoms with E-state index in [1.54, 1.807) is 41.3 Å². The smallest absolute Gasteiger partial charge is 0.243 e. The lowest BCUT2D eigenvalue weighted by Crippen LogP contribution is -2.51. The first-order chi connectivity index (χ1) is 15.9. The largest absolute Gasteiger partial charge is 0.355 e. The molecule has 0 spiro atoms. The second-order valence-corrected chi connectivity index (χ2v) is 8.88. The molecule has 3 rings (SSSR count). The van der Waals surface area contributed by atoms with E-state index in [4.69, 9.17) is 34.8 Å². The van der Waals surface area contributed by atoms with Gasteiger partial charge in [-0.25, -0.2) is 0 Å². The highest BCUT2D eigenvalue weighted by molar-refractivity contribution is 6.36. The summed E-state index contributed by atoms with van der Waals surface area (Å²) in [6.07, 6.45) is 0.448. The van der Waals surface area contributed by atoms with Crippen molar-refractivity contribution in [1.82, 2.24) is 10.2 Å². The monoisotopic (exact) mass is 502 g/mol. The standard InChI is InChI=1S/C26H25Cl3N2O2/c1-2-30-26(33)24(15-18-8-4-3-5-9-18)31(17-21-22(28)12-7-13-23(21)29)25(32)16-19-10-6-11-20(27)14-19/h3-14,24H,2,15-17H2,1H3,(H,30,33)/t24-/m1/s1. The van der Waals surface area contributed by atoms with E-state index in [1.165, 1.54) is 0 Å². The molecule has 7 heteroatoms. The summed E-state index contributed by atoms with van der Waals surface area (Å²) >= 11 is 19.0. The lowest BCUT2D eigenvalue weighted by molar-refractivity contribution is -0.140. The Balaban J connectivity index is 2.00. The predicted octanol–water partition coefficient (Wildman–Crippen LogP) is 5.97. The van der Waals surface area contributed by atoms with Crippen molar-refractivity contribution in [1.29, 1.82) is 0 Å². The molecular weight excluding hydrogens is 479 g/mol. The van der Waals surface area contributed by atoms with Gasteiger partial charge in [-0.15, -0.1) is 0 Å². The van der Waals surface area contributed by atoms with Gasteiger partial charge in [0.15, 0.2) is 0 Å². The van der Waals surface area contributed by atoms with Gasteiger partial charge in [0.25, 0.3) is 0 Å². The van der Waals surface area contributed by atoms with Gasteiger partial charge >= 0.3 is 0 Å². The zero-order chi connectivity index (χ0) is 23.8. The molecule has 1 N–H and O–H groups in total. The average Bonchev–Trinajstić information content (AvgIpc) is 2.78. The van der Waals surface area contributed by atoms with Crippen LogP contribution in [0, 0.1) is 0 Å². The number of amides is 2. The van der Waals surface area contributed by atoms with E-state index in [-0.39, 0.29) is 24.8 Å². The fraction of sp³-hybridized carbons (Fsp3) is 0.231. The maximum atomic E-state index is 13.6. The van der Waals surface area contributed by atoms with Crippen LogP contribution in [-0.2, 0) is 29.0 Å². The Labute approximate surface area is 209 Å². The van der Waals surface area contributed by atoms with Crippen LogP contribution in [0.4, 0.5) is 0 Å². The lowest BCUT2D eigenvalue weighted by atomic mass is 10.0. The van der Waals surface area contributed by atoms with Crippen molar-refractivity contribution in [2.75, 3.05) is 6.54 Å². The van der Waals surface area contributed by atoms with Crippen LogP contribution in [0.25, 0.3) is 0 Å². The van der Waals surface area contributed by atoms with Crippen LogP contribution in [0.2, 0.25) is 15.1 Å². The SMILES string of the molecule is CCNC(=O)[C@@H](Cc1ccccc1)N(Cc1c(Cl)cccc1Cl)C(=O)Cc1cccc(Cl)c1. The highest BCUT2D eigenvalue weighted by Crippen LogP contribution is 2.27. The second-order valence-electron chi connectivity index (χ2n) is 7.63. The van der Waals surface area contributed by atoms with Gasteiger partial charge in [-0.05, 0) is 42.3 Å². The fourth-order valence-corrected chi connectivity index (χ4v) is 4.35. The number of benzene rings is 3. The first-order valence-corrected chi connectivity index (χ1v) is 11.8. The van der Waals surface area contributed by atoms with Gasteiger partial charge in [-0.1, -0.05) is 83.3 Å². The Bertz CT molecular complexity index is 1090. The third kappa shape index (κ3) is 6.97. The van der Waals surface area contributed by atoms with Crippen molar-refractivity contribution in [3.8, 4) is 0 Å². The third-order valence-corrected chi connectivity index (χ3v) is 6.20. The fourth-order valence-electron chi connectivity index (χ4n) is 3.62. The summed E-state index contributed by atoms with van der Waals surface area (Å²) in [5, 5.41) is 4.30. The normalized spacial score (nSPS) is 11.6. The summed E-state index contributed by atoms with van der Waals surface area (Å²) in [4.78, 5) is 28.3. The Kier molecular flexibility index (Phi) is 9.19. The predicted molar refractivity (Wildman–Crippen MR) is 135 cm³/mol. The summed E-state index contributed by atoms with van der Waals surface area (Å²) in [7, 11) is 0. The van der Waals surface area contributed by atoms with Crippen molar-refractivity contribution in [3.05, 3.63) is 105 Å². The molecule has 0 aliphatic rings. The molecule has 0 radical (unpaired) electrons. The van der Waals surface area contributed by atoms with Crippen LogP contribution >= 0.6 is 34.8 Å². The molecule has 172 valence electrons. The van der Waals surface area contributed by atoms with Gasteiger partial charge in [0.2, 0.25) is 11.8 Å². The molecule has 0 heterocycles. The number of halogens is 3.